The molecule has 0 saturated heterocycles. The predicted molar refractivity (Wildman–Crippen MR) is 69.7 cm³/mol. The molecule has 0 aromatic heterocycles. The minimum absolute atomic E-state index is 0.0103. The molecule has 1 aromatic rings. The van der Waals surface area contributed by atoms with Crippen molar-refractivity contribution >= 4 is 11.9 Å². The smallest absolute Gasteiger partial charge is 0.317 e. The SMILES string of the molecule is CCN(CC(=O)O)Cc1ccc(OCC(N)=O)cc1. The molecule has 0 bridgehead atoms. The van der Waals surface area contributed by atoms with Gasteiger partial charge in [-0.1, -0.05) is 19.1 Å². The van der Waals surface area contributed by atoms with Gasteiger partial charge in [0.2, 0.25) is 0 Å². The lowest BCUT2D eigenvalue weighted by molar-refractivity contribution is -0.138. The zero-order valence-electron chi connectivity index (χ0n) is 10.8. The number of nitrogens with two attached hydrogens (primary N) is 1. The molecule has 0 aliphatic rings. The molecular formula is C13H18N2O4. The van der Waals surface area contributed by atoms with E-state index in [1.54, 1.807) is 12.1 Å². The number of benzene rings is 1. The molecule has 19 heavy (non-hydrogen) atoms. The summed E-state index contributed by atoms with van der Waals surface area (Å²) in [5, 5.41) is 8.75. The van der Waals surface area contributed by atoms with Crippen molar-refractivity contribution in [3.8, 4) is 5.75 Å². The lowest BCUT2D eigenvalue weighted by Gasteiger charge is -2.18. The van der Waals surface area contributed by atoms with E-state index < -0.39 is 11.9 Å². The number of carbonyl (C=O) groups excluding carboxylic acids is 1. The molecule has 0 radical (unpaired) electrons. The first-order valence-corrected chi connectivity index (χ1v) is 5.95. The monoisotopic (exact) mass is 266 g/mol. The van der Waals surface area contributed by atoms with Crippen molar-refractivity contribution in [3.63, 3.8) is 0 Å². The van der Waals surface area contributed by atoms with Crippen molar-refractivity contribution in [3.05, 3.63) is 29.8 Å². The van der Waals surface area contributed by atoms with Gasteiger partial charge in [-0.25, -0.2) is 0 Å². The Morgan fingerprint density at radius 2 is 1.95 bits per heavy atom. The van der Waals surface area contributed by atoms with Crippen LogP contribution in [-0.2, 0) is 16.1 Å². The number of hydrogen-bond donors (Lipinski definition) is 2. The second kappa shape index (κ2) is 7.38. The summed E-state index contributed by atoms with van der Waals surface area (Å²) in [6.45, 7) is 2.98. The molecule has 104 valence electrons. The van der Waals surface area contributed by atoms with Crippen LogP contribution in [0.3, 0.4) is 0 Å². The number of rotatable bonds is 8. The fraction of sp³-hybridized carbons (Fsp3) is 0.385. The van der Waals surface area contributed by atoms with Gasteiger partial charge in [-0.15, -0.1) is 0 Å². The van der Waals surface area contributed by atoms with Crippen LogP contribution in [0.1, 0.15) is 12.5 Å². The minimum atomic E-state index is -0.844. The van der Waals surface area contributed by atoms with Crippen LogP contribution in [0, 0.1) is 0 Å². The van der Waals surface area contributed by atoms with Gasteiger partial charge in [-0.2, -0.15) is 0 Å². The van der Waals surface area contributed by atoms with E-state index in [-0.39, 0.29) is 13.2 Å². The largest absolute Gasteiger partial charge is 0.484 e. The molecule has 0 spiro atoms. The van der Waals surface area contributed by atoms with Crippen LogP contribution in [0.25, 0.3) is 0 Å². The highest BCUT2D eigenvalue weighted by molar-refractivity contribution is 5.75. The molecule has 1 amide bonds. The van der Waals surface area contributed by atoms with Crippen molar-refractivity contribution in [2.24, 2.45) is 5.73 Å². The maximum absolute atomic E-state index is 10.7. The highest BCUT2D eigenvalue weighted by Crippen LogP contribution is 2.13. The summed E-state index contributed by atoms with van der Waals surface area (Å²) in [4.78, 5) is 23.0. The topological polar surface area (TPSA) is 92.9 Å². The van der Waals surface area contributed by atoms with Gasteiger partial charge in [-0.05, 0) is 24.2 Å². The second-order valence-corrected chi connectivity index (χ2v) is 4.10. The van der Waals surface area contributed by atoms with Gasteiger partial charge in [0.25, 0.3) is 5.91 Å². The van der Waals surface area contributed by atoms with E-state index in [4.69, 9.17) is 15.6 Å². The van der Waals surface area contributed by atoms with E-state index in [1.807, 2.05) is 24.0 Å². The molecule has 6 heteroatoms. The Morgan fingerprint density at radius 3 is 2.42 bits per heavy atom. The molecule has 0 fully saturated rings. The Kier molecular flexibility index (Phi) is 5.81. The highest BCUT2D eigenvalue weighted by atomic mass is 16.5. The van der Waals surface area contributed by atoms with Crippen LogP contribution in [0.2, 0.25) is 0 Å². The number of amides is 1. The number of likely N-dealkylation sites (N-methyl/N-ethyl adjacent to an activating group) is 1. The zero-order valence-corrected chi connectivity index (χ0v) is 10.8. The van der Waals surface area contributed by atoms with Crippen LogP contribution in [0.4, 0.5) is 0 Å². The van der Waals surface area contributed by atoms with Gasteiger partial charge >= 0.3 is 5.97 Å². The van der Waals surface area contributed by atoms with Crippen molar-refractivity contribution < 1.29 is 19.4 Å². The van der Waals surface area contributed by atoms with Crippen LogP contribution in [0.5, 0.6) is 5.75 Å². The van der Waals surface area contributed by atoms with Gasteiger partial charge in [0, 0.05) is 6.54 Å². The van der Waals surface area contributed by atoms with Crippen LogP contribution < -0.4 is 10.5 Å². The maximum Gasteiger partial charge on any atom is 0.317 e. The molecule has 0 heterocycles. The van der Waals surface area contributed by atoms with E-state index in [2.05, 4.69) is 0 Å². The first-order valence-electron chi connectivity index (χ1n) is 5.95. The predicted octanol–water partition coefficient (Wildman–Crippen LogP) is 0.457. The number of nitrogens with zero attached hydrogens (tertiary/aromatic N) is 1. The summed E-state index contributed by atoms with van der Waals surface area (Å²) in [7, 11) is 0. The Bertz CT molecular complexity index is 431. The standard InChI is InChI=1S/C13H18N2O4/c1-2-15(8-13(17)18)7-10-3-5-11(6-4-10)19-9-12(14)16/h3-6H,2,7-9H2,1H3,(H2,14,16)(H,17,18). The molecular weight excluding hydrogens is 248 g/mol. The van der Waals surface area contributed by atoms with Gasteiger partial charge in [0.05, 0.1) is 6.54 Å². The fourth-order valence-electron chi connectivity index (χ4n) is 1.57. The van der Waals surface area contributed by atoms with Gasteiger partial charge in [-0.3, -0.25) is 14.5 Å². The van der Waals surface area contributed by atoms with Gasteiger partial charge in [0.15, 0.2) is 6.61 Å². The third-order valence-electron chi connectivity index (χ3n) is 2.52. The third-order valence-corrected chi connectivity index (χ3v) is 2.52. The Labute approximate surface area is 111 Å². The zero-order chi connectivity index (χ0) is 14.3. The first kappa shape index (κ1) is 15.0. The van der Waals surface area contributed by atoms with E-state index in [0.717, 1.165) is 5.56 Å². The highest BCUT2D eigenvalue weighted by Gasteiger charge is 2.08. The van der Waals surface area contributed by atoms with Crippen LogP contribution in [-0.4, -0.2) is 41.6 Å². The Hall–Kier alpha value is -2.08. The molecule has 0 aliphatic heterocycles. The molecule has 1 aromatic carbocycles. The quantitative estimate of drug-likeness (QED) is 0.713. The molecule has 0 unspecified atom stereocenters. The number of hydrogen-bond acceptors (Lipinski definition) is 4. The average Bonchev–Trinajstić information content (AvgIpc) is 2.36. The summed E-state index contributed by atoms with van der Waals surface area (Å²) < 4.78 is 5.14. The lowest BCUT2D eigenvalue weighted by Crippen LogP contribution is -2.29. The fourth-order valence-corrected chi connectivity index (χ4v) is 1.57. The van der Waals surface area contributed by atoms with E-state index in [9.17, 15) is 9.59 Å². The van der Waals surface area contributed by atoms with Gasteiger partial charge in [0.1, 0.15) is 5.75 Å². The Morgan fingerprint density at radius 1 is 1.32 bits per heavy atom. The molecule has 0 aliphatic carbocycles. The average molecular weight is 266 g/mol. The number of aliphatic carboxylic acids is 1. The molecule has 0 saturated carbocycles. The minimum Gasteiger partial charge on any atom is -0.484 e. The van der Waals surface area contributed by atoms with Crippen molar-refractivity contribution in [2.45, 2.75) is 13.5 Å². The summed E-state index contributed by atoms with van der Waals surface area (Å²) >= 11 is 0. The summed E-state index contributed by atoms with van der Waals surface area (Å²) in [5.74, 6) is -0.810. The number of carboxylic acid groups (broad SMARTS) is 1. The van der Waals surface area contributed by atoms with E-state index in [1.165, 1.54) is 0 Å². The van der Waals surface area contributed by atoms with Crippen molar-refractivity contribution in [2.75, 3.05) is 19.7 Å². The number of carbonyl (C=O) groups is 2. The molecule has 3 N–H and O–H groups in total. The Balaban J connectivity index is 2.55. The van der Waals surface area contributed by atoms with Gasteiger partial charge < -0.3 is 15.6 Å². The van der Waals surface area contributed by atoms with E-state index in [0.29, 0.717) is 18.8 Å². The van der Waals surface area contributed by atoms with Crippen LogP contribution in [0.15, 0.2) is 24.3 Å². The molecule has 0 atom stereocenters. The number of carboxylic acids is 1. The number of ether oxygens (including phenoxy) is 1. The summed E-state index contributed by atoms with van der Waals surface area (Å²) in [5.41, 5.74) is 5.96. The third kappa shape index (κ3) is 5.87. The van der Waals surface area contributed by atoms with E-state index >= 15 is 0 Å². The second-order valence-electron chi connectivity index (χ2n) is 4.10. The molecule has 1 rings (SSSR count). The summed E-state index contributed by atoms with van der Waals surface area (Å²) in [6.07, 6.45) is 0. The van der Waals surface area contributed by atoms with Crippen LogP contribution >= 0.6 is 0 Å². The lowest BCUT2D eigenvalue weighted by atomic mass is 10.2. The summed E-state index contributed by atoms with van der Waals surface area (Å²) in [6, 6.07) is 7.13. The maximum atomic E-state index is 10.7. The normalized spacial score (nSPS) is 10.4. The molecule has 6 nitrogen and oxygen atoms in total. The first-order chi connectivity index (χ1) is 9.01. The number of primary amides is 1. The van der Waals surface area contributed by atoms with Crippen molar-refractivity contribution in [1.82, 2.24) is 4.90 Å². The van der Waals surface area contributed by atoms with Crippen molar-refractivity contribution in [1.29, 1.82) is 0 Å².